The van der Waals surface area contributed by atoms with E-state index in [2.05, 4.69) is 68.0 Å². The van der Waals surface area contributed by atoms with Crippen molar-refractivity contribution in [3.05, 3.63) is 29.6 Å². The third-order valence-electron chi connectivity index (χ3n) is 3.87. The maximum atomic E-state index is 4.62. The van der Waals surface area contributed by atoms with Gasteiger partial charge in [0.15, 0.2) is 0 Å². The van der Waals surface area contributed by atoms with Gasteiger partial charge in [0, 0.05) is 18.3 Å². The monoisotopic (exact) mass is 291 g/mol. The van der Waals surface area contributed by atoms with Gasteiger partial charge in [0.25, 0.3) is 0 Å². The van der Waals surface area contributed by atoms with E-state index in [4.69, 9.17) is 0 Å². The number of rotatable bonds is 10. The summed E-state index contributed by atoms with van der Waals surface area (Å²) in [5, 5.41) is 3.52. The van der Waals surface area contributed by atoms with Crippen LogP contribution in [0.2, 0.25) is 0 Å². The molecule has 0 fully saturated rings. The van der Waals surface area contributed by atoms with E-state index in [1.807, 2.05) is 0 Å². The van der Waals surface area contributed by atoms with Gasteiger partial charge in [-0.25, -0.2) is 0 Å². The molecule has 1 unspecified atom stereocenters. The molecule has 0 saturated heterocycles. The van der Waals surface area contributed by atoms with E-state index < -0.39 is 0 Å². The molecule has 0 amide bonds. The number of nitrogens with zero attached hydrogens (tertiary/aromatic N) is 2. The van der Waals surface area contributed by atoms with Gasteiger partial charge in [0.1, 0.15) is 0 Å². The van der Waals surface area contributed by atoms with Crippen molar-refractivity contribution >= 4 is 0 Å². The zero-order valence-corrected chi connectivity index (χ0v) is 14.5. The molecule has 0 bridgehead atoms. The summed E-state index contributed by atoms with van der Waals surface area (Å²) in [6.07, 6.45) is 2.48. The molecule has 1 atom stereocenters. The fourth-order valence-corrected chi connectivity index (χ4v) is 2.57. The standard InChI is InChI=1S/C18H33N3/c1-6-21(14-18-11-7-9-16(4)20-18)17(5)10-8-12-19-13-15(2)3/h7,9,11,15,17,19H,6,8,10,12-14H2,1-5H3. The van der Waals surface area contributed by atoms with Crippen LogP contribution in [0.3, 0.4) is 0 Å². The van der Waals surface area contributed by atoms with Gasteiger partial charge in [-0.05, 0) is 64.4 Å². The van der Waals surface area contributed by atoms with Crippen molar-refractivity contribution in [2.75, 3.05) is 19.6 Å². The minimum atomic E-state index is 0.609. The molecule has 1 N–H and O–H groups in total. The highest BCUT2D eigenvalue weighted by Crippen LogP contribution is 2.11. The molecule has 0 radical (unpaired) electrons. The molecule has 1 heterocycles. The second-order valence-electron chi connectivity index (χ2n) is 6.42. The summed E-state index contributed by atoms with van der Waals surface area (Å²) in [6, 6.07) is 6.90. The van der Waals surface area contributed by atoms with Crippen LogP contribution in [0.1, 0.15) is 51.9 Å². The highest BCUT2D eigenvalue weighted by molar-refractivity contribution is 5.09. The van der Waals surface area contributed by atoms with Crippen molar-refractivity contribution in [3.63, 3.8) is 0 Å². The molecule has 3 heteroatoms. The van der Waals surface area contributed by atoms with E-state index in [0.29, 0.717) is 6.04 Å². The van der Waals surface area contributed by atoms with Gasteiger partial charge in [-0.15, -0.1) is 0 Å². The summed E-state index contributed by atoms with van der Waals surface area (Å²) in [5.74, 6) is 0.738. The van der Waals surface area contributed by atoms with Crippen LogP contribution in [-0.4, -0.2) is 35.6 Å². The first-order chi connectivity index (χ1) is 10.0. The van der Waals surface area contributed by atoms with E-state index in [0.717, 1.165) is 37.8 Å². The zero-order chi connectivity index (χ0) is 15.7. The first-order valence-electron chi connectivity index (χ1n) is 8.40. The summed E-state index contributed by atoms with van der Waals surface area (Å²) in [5.41, 5.74) is 2.29. The molecular formula is C18H33N3. The van der Waals surface area contributed by atoms with Crippen LogP contribution < -0.4 is 5.32 Å². The van der Waals surface area contributed by atoms with E-state index >= 15 is 0 Å². The van der Waals surface area contributed by atoms with Crippen molar-refractivity contribution in [2.24, 2.45) is 5.92 Å². The van der Waals surface area contributed by atoms with Gasteiger partial charge >= 0.3 is 0 Å². The van der Waals surface area contributed by atoms with Crippen LogP contribution in [0.15, 0.2) is 18.2 Å². The first-order valence-corrected chi connectivity index (χ1v) is 8.40. The summed E-state index contributed by atoms with van der Waals surface area (Å²) in [6.45, 7) is 15.4. The van der Waals surface area contributed by atoms with Gasteiger partial charge in [0.2, 0.25) is 0 Å². The average molecular weight is 291 g/mol. The smallest absolute Gasteiger partial charge is 0.0547 e. The number of pyridine rings is 1. The molecule has 0 spiro atoms. The third kappa shape index (κ3) is 7.58. The Morgan fingerprint density at radius 3 is 2.62 bits per heavy atom. The largest absolute Gasteiger partial charge is 0.316 e. The molecule has 120 valence electrons. The topological polar surface area (TPSA) is 28.2 Å². The third-order valence-corrected chi connectivity index (χ3v) is 3.87. The molecule has 0 aromatic carbocycles. The summed E-state index contributed by atoms with van der Waals surface area (Å²) in [7, 11) is 0. The quantitative estimate of drug-likeness (QED) is 0.667. The molecule has 1 aromatic heterocycles. The zero-order valence-electron chi connectivity index (χ0n) is 14.5. The second kappa shape index (κ2) is 9.91. The maximum absolute atomic E-state index is 4.62. The Kier molecular flexibility index (Phi) is 8.55. The Balaban J connectivity index is 2.34. The molecule has 21 heavy (non-hydrogen) atoms. The van der Waals surface area contributed by atoms with Gasteiger partial charge in [0.05, 0.1) is 5.69 Å². The van der Waals surface area contributed by atoms with Crippen molar-refractivity contribution in [1.82, 2.24) is 15.2 Å². The van der Waals surface area contributed by atoms with E-state index in [9.17, 15) is 0 Å². The second-order valence-corrected chi connectivity index (χ2v) is 6.42. The highest BCUT2D eigenvalue weighted by Gasteiger charge is 2.12. The summed E-state index contributed by atoms with van der Waals surface area (Å²) in [4.78, 5) is 7.14. The van der Waals surface area contributed by atoms with Gasteiger partial charge in [-0.3, -0.25) is 9.88 Å². The fourth-order valence-electron chi connectivity index (χ4n) is 2.57. The molecule has 1 rings (SSSR count). The lowest BCUT2D eigenvalue weighted by molar-refractivity contribution is 0.196. The van der Waals surface area contributed by atoms with Gasteiger partial charge in [-0.2, -0.15) is 0 Å². The van der Waals surface area contributed by atoms with Crippen LogP contribution in [0.5, 0.6) is 0 Å². The van der Waals surface area contributed by atoms with Crippen molar-refractivity contribution in [3.8, 4) is 0 Å². The molecule has 1 aromatic rings. The Labute approximate surface area is 131 Å². The predicted molar refractivity (Wildman–Crippen MR) is 91.5 cm³/mol. The molecule has 0 aliphatic heterocycles. The SMILES string of the molecule is CCN(Cc1cccc(C)n1)C(C)CCCNCC(C)C. The Hall–Kier alpha value is -0.930. The van der Waals surface area contributed by atoms with Crippen LogP contribution in [0, 0.1) is 12.8 Å². The molecular weight excluding hydrogens is 258 g/mol. The minimum Gasteiger partial charge on any atom is -0.316 e. The van der Waals surface area contributed by atoms with E-state index in [-0.39, 0.29) is 0 Å². The number of hydrogen-bond donors (Lipinski definition) is 1. The Bertz CT molecular complexity index is 390. The molecule has 0 aliphatic carbocycles. The van der Waals surface area contributed by atoms with Crippen molar-refractivity contribution in [1.29, 1.82) is 0 Å². The average Bonchev–Trinajstić information content (AvgIpc) is 2.44. The first kappa shape index (κ1) is 18.1. The fraction of sp³-hybridized carbons (Fsp3) is 0.722. The summed E-state index contributed by atoms with van der Waals surface area (Å²) >= 11 is 0. The number of aryl methyl sites for hydroxylation is 1. The molecule has 0 saturated carbocycles. The lowest BCUT2D eigenvalue weighted by Gasteiger charge is -2.27. The van der Waals surface area contributed by atoms with Crippen LogP contribution in [-0.2, 0) is 6.54 Å². The highest BCUT2D eigenvalue weighted by atomic mass is 15.1. The number of nitrogens with one attached hydrogen (secondary N) is 1. The van der Waals surface area contributed by atoms with Gasteiger partial charge in [-0.1, -0.05) is 26.8 Å². The van der Waals surface area contributed by atoms with Gasteiger partial charge < -0.3 is 5.32 Å². The van der Waals surface area contributed by atoms with E-state index in [1.165, 1.54) is 18.5 Å². The minimum absolute atomic E-state index is 0.609. The molecule has 3 nitrogen and oxygen atoms in total. The van der Waals surface area contributed by atoms with Crippen molar-refractivity contribution < 1.29 is 0 Å². The van der Waals surface area contributed by atoms with Crippen LogP contribution >= 0.6 is 0 Å². The van der Waals surface area contributed by atoms with E-state index in [1.54, 1.807) is 0 Å². The maximum Gasteiger partial charge on any atom is 0.0547 e. The van der Waals surface area contributed by atoms with Crippen LogP contribution in [0.25, 0.3) is 0 Å². The Morgan fingerprint density at radius 2 is 2.00 bits per heavy atom. The summed E-state index contributed by atoms with van der Waals surface area (Å²) < 4.78 is 0. The predicted octanol–water partition coefficient (Wildman–Crippen LogP) is 3.63. The lowest BCUT2D eigenvalue weighted by atomic mass is 10.1. The Morgan fingerprint density at radius 1 is 1.24 bits per heavy atom. The number of aromatic nitrogens is 1. The number of hydrogen-bond acceptors (Lipinski definition) is 3. The van der Waals surface area contributed by atoms with Crippen LogP contribution in [0.4, 0.5) is 0 Å². The van der Waals surface area contributed by atoms with Crippen molar-refractivity contribution in [2.45, 2.75) is 60.0 Å². The lowest BCUT2D eigenvalue weighted by Crippen LogP contribution is -2.33. The molecule has 0 aliphatic rings. The normalized spacial score (nSPS) is 13.1.